The van der Waals surface area contributed by atoms with Gasteiger partial charge in [0.05, 0.1) is 6.04 Å². The number of carbonyl (C=O) groups is 4. The Bertz CT molecular complexity index is 671. The molecule has 31 heavy (non-hydrogen) atoms. The summed E-state index contributed by atoms with van der Waals surface area (Å²) in [5.74, 6) is -2.29. The molecule has 0 bridgehead atoms. The SMILES string of the molecule is CC(C)C(NC(=O)C1CCCN1C(=O)C(N)CCCCN)C(=O)N1CCCC1C(=O)O. The summed E-state index contributed by atoms with van der Waals surface area (Å²) >= 11 is 0. The van der Waals surface area contributed by atoms with Gasteiger partial charge in [-0.25, -0.2) is 4.79 Å². The number of hydrogen-bond donors (Lipinski definition) is 4. The number of carboxylic acids is 1. The van der Waals surface area contributed by atoms with Crippen molar-refractivity contribution in [2.45, 2.75) is 83.0 Å². The smallest absolute Gasteiger partial charge is 0.326 e. The van der Waals surface area contributed by atoms with Crippen LogP contribution in [-0.4, -0.2) is 82.4 Å². The molecule has 0 radical (unpaired) electrons. The second kappa shape index (κ2) is 11.4. The van der Waals surface area contributed by atoms with E-state index in [4.69, 9.17) is 11.5 Å². The number of hydrogen-bond acceptors (Lipinski definition) is 6. The zero-order chi connectivity index (χ0) is 23.1. The van der Waals surface area contributed by atoms with Crippen molar-refractivity contribution in [1.29, 1.82) is 0 Å². The number of nitrogens with one attached hydrogen (secondary N) is 1. The third-order valence-electron chi connectivity index (χ3n) is 6.18. The molecule has 176 valence electrons. The Hall–Kier alpha value is -2.20. The predicted octanol–water partition coefficient (Wildman–Crippen LogP) is -0.350. The molecule has 10 nitrogen and oxygen atoms in total. The first-order valence-electron chi connectivity index (χ1n) is 11.3. The number of carbonyl (C=O) groups excluding carboxylic acids is 3. The molecule has 2 saturated heterocycles. The minimum absolute atomic E-state index is 0.226. The van der Waals surface area contributed by atoms with Crippen LogP contribution in [0.2, 0.25) is 0 Å². The van der Waals surface area contributed by atoms with E-state index in [1.54, 1.807) is 13.8 Å². The molecule has 2 aliphatic rings. The third-order valence-corrected chi connectivity index (χ3v) is 6.18. The van der Waals surface area contributed by atoms with Gasteiger partial charge in [0.1, 0.15) is 18.1 Å². The van der Waals surface area contributed by atoms with Crippen molar-refractivity contribution in [2.75, 3.05) is 19.6 Å². The Morgan fingerprint density at radius 1 is 1.00 bits per heavy atom. The average Bonchev–Trinajstić information content (AvgIpc) is 3.40. The van der Waals surface area contributed by atoms with E-state index < -0.39 is 36.0 Å². The van der Waals surface area contributed by atoms with E-state index in [-0.39, 0.29) is 17.7 Å². The molecular formula is C21H37N5O5. The van der Waals surface area contributed by atoms with Gasteiger partial charge in [-0.05, 0) is 51.0 Å². The van der Waals surface area contributed by atoms with E-state index in [1.807, 2.05) is 0 Å². The van der Waals surface area contributed by atoms with Crippen LogP contribution >= 0.6 is 0 Å². The minimum Gasteiger partial charge on any atom is -0.480 e. The van der Waals surface area contributed by atoms with Crippen LogP contribution in [0.1, 0.15) is 58.8 Å². The fourth-order valence-electron chi connectivity index (χ4n) is 4.38. The lowest BCUT2D eigenvalue weighted by molar-refractivity contribution is -0.150. The second-order valence-corrected chi connectivity index (χ2v) is 8.84. The number of nitrogens with zero attached hydrogens (tertiary/aromatic N) is 2. The first kappa shape index (κ1) is 25.1. The third kappa shape index (κ3) is 6.16. The van der Waals surface area contributed by atoms with Crippen LogP contribution in [0, 0.1) is 5.92 Å². The van der Waals surface area contributed by atoms with Crippen molar-refractivity contribution in [2.24, 2.45) is 17.4 Å². The normalized spacial score (nSPS) is 23.1. The highest BCUT2D eigenvalue weighted by atomic mass is 16.4. The zero-order valence-electron chi connectivity index (χ0n) is 18.6. The summed E-state index contributed by atoms with van der Waals surface area (Å²) in [5, 5.41) is 12.2. The van der Waals surface area contributed by atoms with Crippen molar-refractivity contribution in [1.82, 2.24) is 15.1 Å². The van der Waals surface area contributed by atoms with Crippen LogP contribution in [0.25, 0.3) is 0 Å². The maximum atomic E-state index is 13.1. The van der Waals surface area contributed by atoms with Gasteiger partial charge in [0.25, 0.3) is 0 Å². The van der Waals surface area contributed by atoms with E-state index in [9.17, 15) is 24.3 Å². The number of amides is 3. The highest BCUT2D eigenvalue weighted by molar-refractivity contribution is 5.94. The Morgan fingerprint density at radius 2 is 1.58 bits per heavy atom. The highest BCUT2D eigenvalue weighted by Gasteiger charge is 2.41. The topological polar surface area (TPSA) is 159 Å². The molecule has 0 aromatic carbocycles. The van der Waals surface area contributed by atoms with Crippen molar-refractivity contribution in [3.05, 3.63) is 0 Å². The molecule has 4 unspecified atom stereocenters. The van der Waals surface area contributed by atoms with E-state index >= 15 is 0 Å². The van der Waals surface area contributed by atoms with Crippen LogP contribution in [0.15, 0.2) is 0 Å². The highest BCUT2D eigenvalue weighted by Crippen LogP contribution is 2.22. The number of carboxylic acid groups (broad SMARTS) is 1. The summed E-state index contributed by atoms with van der Waals surface area (Å²) in [4.78, 5) is 53.2. The van der Waals surface area contributed by atoms with Gasteiger partial charge in [-0.15, -0.1) is 0 Å². The van der Waals surface area contributed by atoms with Crippen molar-refractivity contribution in [3.8, 4) is 0 Å². The van der Waals surface area contributed by atoms with Crippen LogP contribution < -0.4 is 16.8 Å². The summed E-state index contributed by atoms with van der Waals surface area (Å²) in [6, 6.07) is -3.05. The van der Waals surface area contributed by atoms with Gasteiger partial charge in [-0.3, -0.25) is 14.4 Å². The Balaban J connectivity index is 2.05. The molecular weight excluding hydrogens is 402 g/mol. The molecule has 2 fully saturated rings. The largest absolute Gasteiger partial charge is 0.480 e. The first-order valence-corrected chi connectivity index (χ1v) is 11.3. The van der Waals surface area contributed by atoms with Crippen LogP contribution in [0.5, 0.6) is 0 Å². The zero-order valence-corrected chi connectivity index (χ0v) is 18.6. The molecule has 4 atom stereocenters. The lowest BCUT2D eigenvalue weighted by Crippen LogP contribution is -2.58. The van der Waals surface area contributed by atoms with Crippen LogP contribution in [0.3, 0.4) is 0 Å². The summed E-state index contributed by atoms with van der Waals surface area (Å²) in [6.07, 6.45) is 4.27. The van der Waals surface area contributed by atoms with Crippen molar-refractivity contribution >= 4 is 23.7 Å². The van der Waals surface area contributed by atoms with Gasteiger partial charge in [-0.1, -0.05) is 20.3 Å². The van der Waals surface area contributed by atoms with Gasteiger partial charge in [-0.2, -0.15) is 0 Å². The van der Waals surface area contributed by atoms with Gasteiger partial charge in [0.15, 0.2) is 0 Å². The van der Waals surface area contributed by atoms with Crippen LogP contribution in [-0.2, 0) is 19.2 Å². The molecule has 0 aromatic heterocycles. The Kier molecular flexibility index (Phi) is 9.24. The second-order valence-electron chi connectivity index (χ2n) is 8.84. The molecule has 2 rings (SSSR count). The van der Waals surface area contributed by atoms with E-state index in [0.29, 0.717) is 51.7 Å². The van der Waals surface area contributed by atoms with E-state index in [2.05, 4.69) is 5.32 Å². The molecule has 6 N–H and O–H groups in total. The quantitative estimate of drug-likeness (QED) is 0.339. The standard InChI is InChI=1S/C21H37N5O5/c1-13(2)17(20(29)26-12-6-9-16(26)21(30)31)24-18(27)15-8-5-11-25(15)19(28)14(23)7-3-4-10-22/h13-17H,3-12,22-23H2,1-2H3,(H,24,27)(H,30,31). The molecule has 0 aliphatic carbocycles. The lowest BCUT2D eigenvalue weighted by Gasteiger charge is -2.32. The van der Waals surface area contributed by atoms with Gasteiger partial charge >= 0.3 is 5.97 Å². The summed E-state index contributed by atoms with van der Waals surface area (Å²) in [7, 11) is 0. The first-order chi connectivity index (χ1) is 14.7. The van der Waals surface area contributed by atoms with Crippen LogP contribution in [0.4, 0.5) is 0 Å². The molecule has 10 heteroatoms. The molecule has 0 spiro atoms. The number of aliphatic carboxylic acids is 1. The Labute approximate surface area is 183 Å². The monoisotopic (exact) mass is 439 g/mol. The van der Waals surface area contributed by atoms with Gasteiger partial charge in [0, 0.05) is 13.1 Å². The van der Waals surface area contributed by atoms with Crippen molar-refractivity contribution < 1.29 is 24.3 Å². The van der Waals surface area contributed by atoms with Gasteiger partial charge < -0.3 is 31.7 Å². The fourth-order valence-corrected chi connectivity index (χ4v) is 4.38. The summed E-state index contributed by atoms with van der Waals surface area (Å²) < 4.78 is 0. The average molecular weight is 440 g/mol. The summed E-state index contributed by atoms with van der Waals surface area (Å²) in [6.45, 7) is 4.97. The molecule has 2 aliphatic heterocycles. The Morgan fingerprint density at radius 3 is 2.13 bits per heavy atom. The maximum Gasteiger partial charge on any atom is 0.326 e. The molecule has 3 amide bonds. The van der Waals surface area contributed by atoms with Gasteiger partial charge in [0.2, 0.25) is 17.7 Å². The van der Waals surface area contributed by atoms with E-state index in [1.165, 1.54) is 9.80 Å². The number of nitrogens with two attached hydrogens (primary N) is 2. The van der Waals surface area contributed by atoms with E-state index in [0.717, 1.165) is 12.8 Å². The molecule has 2 heterocycles. The predicted molar refractivity (Wildman–Crippen MR) is 115 cm³/mol. The molecule has 0 aromatic rings. The number of likely N-dealkylation sites (tertiary alicyclic amines) is 2. The molecule has 0 saturated carbocycles. The van der Waals surface area contributed by atoms with Crippen molar-refractivity contribution in [3.63, 3.8) is 0 Å². The fraction of sp³-hybridized carbons (Fsp3) is 0.810. The lowest BCUT2D eigenvalue weighted by atomic mass is 10.0. The number of rotatable bonds is 10. The number of unbranched alkanes of at least 4 members (excludes halogenated alkanes) is 1. The maximum absolute atomic E-state index is 13.1. The summed E-state index contributed by atoms with van der Waals surface area (Å²) in [5.41, 5.74) is 11.5. The minimum atomic E-state index is -1.03.